The Morgan fingerprint density at radius 1 is 1.28 bits per heavy atom. The van der Waals surface area contributed by atoms with Crippen molar-refractivity contribution in [3.8, 4) is 0 Å². The summed E-state index contributed by atoms with van der Waals surface area (Å²) in [5.41, 5.74) is 1.06. The zero-order valence-corrected chi connectivity index (χ0v) is 12.7. The first-order valence-electron chi connectivity index (χ1n) is 5.54. The molecule has 1 aromatic carbocycles. The van der Waals surface area contributed by atoms with Gasteiger partial charge in [0.25, 0.3) is 0 Å². The number of thiophene rings is 1. The standard InChI is InChI=1S/C13H12BrClFNS/c14-12-7-10(16)2-1-9(12)8-17-6-5-11-3-4-13(15)18-11/h1-4,7,17H,5-6,8H2. The van der Waals surface area contributed by atoms with Crippen LogP contribution < -0.4 is 5.32 Å². The predicted molar refractivity (Wildman–Crippen MR) is 78.8 cm³/mol. The third-order valence-corrected chi connectivity index (χ3v) is 4.54. The molecule has 0 aliphatic carbocycles. The van der Waals surface area contributed by atoms with Gasteiger partial charge in [-0.2, -0.15) is 0 Å². The molecule has 1 heterocycles. The molecule has 0 spiro atoms. The Kier molecular flexibility index (Phi) is 5.18. The lowest BCUT2D eigenvalue weighted by molar-refractivity contribution is 0.623. The largest absolute Gasteiger partial charge is 0.312 e. The molecule has 96 valence electrons. The molecular weight excluding hydrogens is 337 g/mol. The van der Waals surface area contributed by atoms with E-state index in [0.717, 1.165) is 33.9 Å². The van der Waals surface area contributed by atoms with Gasteiger partial charge in [0.1, 0.15) is 5.82 Å². The molecule has 2 aromatic rings. The quantitative estimate of drug-likeness (QED) is 0.777. The molecule has 2 rings (SSSR count). The summed E-state index contributed by atoms with van der Waals surface area (Å²) in [5.74, 6) is -0.223. The second-order valence-electron chi connectivity index (χ2n) is 3.87. The zero-order chi connectivity index (χ0) is 13.0. The first-order valence-corrected chi connectivity index (χ1v) is 7.53. The van der Waals surface area contributed by atoms with Gasteiger partial charge in [-0.25, -0.2) is 4.39 Å². The van der Waals surface area contributed by atoms with Crippen molar-refractivity contribution in [3.63, 3.8) is 0 Å². The Balaban J connectivity index is 1.78. The van der Waals surface area contributed by atoms with E-state index in [-0.39, 0.29) is 5.82 Å². The van der Waals surface area contributed by atoms with Crippen LogP contribution in [-0.4, -0.2) is 6.54 Å². The maximum absolute atomic E-state index is 12.9. The molecule has 0 aliphatic rings. The van der Waals surface area contributed by atoms with Gasteiger partial charge in [-0.05, 0) is 36.2 Å². The van der Waals surface area contributed by atoms with Crippen molar-refractivity contribution in [1.29, 1.82) is 0 Å². The first kappa shape index (κ1) is 14.0. The summed E-state index contributed by atoms with van der Waals surface area (Å²) in [7, 11) is 0. The minimum absolute atomic E-state index is 0.223. The molecule has 1 nitrogen and oxygen atoms in total. The average molecular weight is 349 g/mol. The Morgan fingerprint density at radius 3 is 2.78 bits per heavy atom. The van der Waals surface area contributed by atoms with Gasteiger partial charge in [0.2, 0.25) is 0 Å². The van der Waals surface area contributed by atoms with Crippen molar-refractivity contribution in [2.45, 2.75) is 13.0 Å². The van der Waals surface area contributed by atoms with Crippen LogP contribution in [-0.2, 0) is 13.0 Å². The maximum Gasteiger partial charge on any atom is 0.124 e. The summed E-state index contributed by atoms with van der Waals surface area (Å²) in [4.78, 5) is 1.27. The first-order chi connectivity index (χ1) is 8.65. The highest BCUT2D eigenvalue weighted by atomic mass is 79.9. The molecule has 1 N–H and O–H groups in total. The normalized spacial score (nSPS) is 10.8. The van der Waals surface area contributed by atoms with Crippen LogP contribution in [0.25, 0.3) is 0 Å². The van der Waals surface area contributed by atoms with Crippen molar-refractivity contribution < 1.29 is 4.39 Å². The lowest BCUT2D eigenvalue weighted by atomic mass is 10.2. The fourth-order valence-electron chi connectivity index (χ4n) is 1.59. The fourth-order valence-corrected chi connectivity index (χ4v) is 3.16. The Bertz CT molecular complexity index is 529. The van der Waals surface area contributed by atoms with Crippen LogP contribution in [0.15, 0.2) is 34.8 Å². The molecule has 0 fully saturated rings. The molecule has 5 heteroatoms. The van der Waals surface area contributed by atoms with E-state index in [9.17, 15) is 4.39 Å². The van der Waals surface area contributed by atoms with Crippen LogP contribution >= 0.6 is 38.9 Å². The number of hydrogen-bond donors (Lipinski definition) is 1. The Morgan fingerprint density at radius 2 is 2.11 bits per heavy atom. The predicted octanol–water partition coefficient (Wildman–Crippen LogP) is 4.64. The van der Waals surface area contributed by atoms with Crippen LogP contribution in [0.2, 0.25) is 4.34 Å². The SMILES string of the molecule is Fc1ccc(CNCCc2ccc(Cl)s2)c(Br)c1. The van der Waals surface area contributed by atoms with E-state index in [1.807, 2.05) is 12.1 Å². The van der Waals surface area contributed by atoms with Gasteiger partial charge in [-0.1, -0.05) is 33.6 Å². The van der Waals surface area contributed by atoms with Crippen LogP contribution in [0.3, 0.4) is 0 Å². The summed E-state index contributed by atoms with van der Waals surface area (Å²) < 4.78 is 14.5. The maximum atomic E-state index is 12.9. The van der Waals surface area contributed by atoms with Gasteiger partial charge < -0.3 is 5.32 Å². The minimum atomic E-state index is -0.223. The molecule has 0 amide bonds. The van der Waals surface area contributed by atoms with Crippen molar-refractivity contribution in [2.24, 2.45) is 0 Å². The number of halogens is 3. The lowest BCUT2D eigenvalue weighted by Crippen LogP contribution is -2.16. The summed E-state index contributed by atoms with van der Waals surface area (Å²) in [6, 6.07) is 8.70. The molecule has 0 radical (unpaired) electrons. The van der Waals surface area contributed by atoms with Gasteiger partial charge in [-0.3, -0.25) is 0 Å². The molecule has 18 heavy (non-hydrogen) atoms. The third kappa shape index (κ3) is 4.05. The molecule has 0 saturated heterocycles. The van der Waals surface area contributed by atoms with E-state index in [1.54, 1.807) is 17.4 Å². The van der Waals surface area contributed by atoms with Gasteiger partial charge >= 0.3 is 0 Å². The fraction of sp³-hybridized carbons (Fsp3) is 0.231. The van der Waals surface area contributed by atoms with Crippen molar-refractivity contribution in [3.05, 3.63) is 55.4 Å². The van der Waals surface area contributed by atoms with Gasteiger partial charge in [0, 0.05) is 22.4 Å². The molecule has 0 atom stereocenters. The van der Waals surface area contributed by atoms with E-state index in [1.165, 1.54) is 17.0 Å². The van der Waals surface area contributed by atoms with Gasteiger partial charge in [0.05, 0.1) is 4.34 Å². The Hall–Kier alpha value is -0.420. The topological polar surface area (TPSA) is 12.0 Å². The van der Waals surface area contributed by atoms with Gasteiger partial charge in [0.15, 0.2) is 0 Å². The summed E-state index contributed by atoms with van der Waals surface area (Å²) in [6.45, 7) is 1.60. The van der Waals surface area contributed by atoms with E-state index in [4.69, 9.17) is 11.6 Å². The number of hydrogen-bond acceptors (Lipinski definition) is 2. The van der Waals surface area contributed by atoms with E-state index < -0.39 is 0 Å². The van der Waals surface area contributed by atoms with E-state index in [2.05, 4.69) is 21.2 Å². The highest BCUT2D eigenvalue weighted by molar-refractivity contribution is 9.10. The molecule has 0 aliphatic heterocycles. The highest BCUT2D eigenvalue weighted by Gasteiger charge is 2.02. The van der Waals surface area contributed by atoms with Crippen LogP contribution in [0.4, 0.5) is 4.39 Å². The third-order valence-electron chi connectivity index (χ3n) is 2.51. The lowest BCUT2D eigenvalue weighted by Gasteiger charge is -2.06. The van der Waals surface area contributed by atoms with Crippen LogP contribution in [0.5, 0.6) is 0 Å². The molecule has 0 unspecified atom stereocenters. The highest BCUT2D eigenvalue weighted by Crippen LogP contribution is 2.21. The van der Waals surface area contributed by atoms with E-state index >= 15 is 0 Å². The second kappa shape index (κ2) is 6.66. The second-order valence-corrected chi connectivity index (χ2v) is 6.52. The smallest absolute Gasteiger partial charge is 0.124 e. The number of benzene rings is 1. The van der Waals surface area contributed by atoms with Crippen LogP contribution in [0.1, 0.15) is 10.4 Å². The molecule has 0 bridgehead atoms. The number of rotatable bonds is 5. The van der Waals surface area contributed by atoms with Crippen LogP contribution in [0, 0.1) is 5.82 Å². The summed E-state index contributed by atoms with van der Waals surface area (Å²) in [5, 5.41) is 3.33. The van der Waals surface area contributed by atoms with Crippen molar-refractivity contribution in [2.75, 3.05) is 6.54 Å². The molecule has 1 aromatic heterocycles. The number of nitrogens with one attached hydrogen (secondary N) is 1. The Labute approximate surface area is 123 Å². The average Bonchev–Trinajstić information content (AvgIpc) is 2.73. The van der Waals surface area contributed by atoms with E-state index in [0.29, 0.717) is 0 Å². The summed E-state index contributed by atoms with van der Waals surface area (Å²) in [6.07, 6.45) is 0.955. The molecule has 0 saturated carbocycles. The zero-order valence-electron chi connectivity index (χ0n) is 9.55. The van der Waals surface area contributed by atoms with Crippen molar-refractivity contribution >= 4 is 38.9 Å². The summed E-state index contributed by atoms with van der Waals surface area (Å²) >= 11 is 10.8. The van der Waals surface area contributed by atoms with Crippen molar-refractivity contribution in [1.82, 2.24) is 5.32 Å². The monoisotopic (exact) mass is 347 g/mol. The van der Waals surface area contributed by atoms with Gasteiger partial charge in [-0.15, -0.1) is 11.3 Å². The minimum Gasteiger partial charge on any atom is -0.312 e. The molecular formula is C13H12BrClFNS.